The van der Waals surface area contributed by atoms with Gasteiger partial charge in [-0.1, -0.05) is 24.3 Å². The molecule has 0 bridgehead atoms. The lowest BCUT2D eigenvalue weighted by atomic mass is 10.2. The highest BCUT2D eigenvalue weighted by Gasteiger charge is 2.21. The van der Waals surface area contributed by atoms with Crippen molar-refractivity contribution in [1.82, 2.24) is 10.0 Å². The van der Waals surface area contributed by atoms with E-state index in [9.17, 15) is 13.2 Å². The average Bonchev–Trinajstić information content (AvgIpc) is 2.68. The van der Waals surface area contributed by atoms with Crippen LogP contribution in [0.15, 0.2) is 47.4 Å². The number of para-hydroxylation sites is 2. The van der Waals surface area contributed by atoms with Crippen molar-refractivity contribution in [3.8, 4) is 11.5 Å². The summed E-state index contributed by atoms with van der Waals surface area (Å²) in [6, 6.07) is 12.6. The van der Waals surface area contributed by atoms with Crippen molar-refractivity contribution < 1.29 is 22.7 Å². The Hall–Kier alpha value is -2.58. The van der Waals surface area contributed by atoms with Crippen LogP contribution >= 0.6 is 0 Å². The number of carbonyl (C=O) groups is 1. The summed E-state index contributed by atoms with van der Waals surface area (Å²) in [6.07, 6.45) is -0.251. The van der Waals surface area contributed by atoms with Gasteiger partial charge in [-0.3, -0.25) is 4.79 Å². The van der Waals surface area contributed by atoms with Crippen LogP contribution in [-0.4, -0.2) is 40.1 Å². The molecule has 0 saturated carbocycles. The van der Waals surface area contributed by atoms with E-state index in [2.05, 4.69) is 10.0 Å². The summed E-state index contributed by atoms with van der Waals surface area (Å²) >= 11 is 0. The smallest absolute Gasteiger partial charge is 0.240 e. The van der Waals surface area contributed by atoms with Crippen molar-refractivity contribution in [2.45, 2.75) is 31.3 Å². The number of benzene rings is 2. The van der Waals surface area contributed by atoms with Gasteiger partial charge in [0.15, 0.2) is 11.5 Å². The summed E-state index contributed by atoms with van der Waals surface area (Å²) in [4.78, 5) is 12.3. The minimum atomic E-state index is -3.65. The minimum absolute atomic E-state index is 0.0202. The third kappa shape index (κ3) is 5.02. The lowest BCUT2D eigenvalue weighted by molar-refractivity contribution is -0.121. The number of hydrogen-bond acceptors (Lipinski definition) is 5. The number of nitrogens with one attached hydrogen (secondary N) is 2. The summed E-state index contributed by atoms with van der Waals surface area (Å²) in [6.45, 7) is 4.23. The molecule has 0 radical (unpaired) electrons. The standard InChI is InChI=1S/C20H24N2O5S/c1-14-7-8-15(2)19(11-14)28(24,25)22-10-9-20(23)21-12-16-13-26-17-5-3-4-6-18(17)27-16/h3-8,11,16,22H,9-10,12-13H2,1-2H3,(H,21,23)/t16-/m1/s1. The maximum atomic E-state index is 12.4. The molecule has 2 aromatic rings. The third-order valence-electron chi connectivity index (χ3n) is 4.37. The van der Waals surface area contributed by atoms with Gasteiger partial charge in [0.05, 0.1) is 11.4 Å². The first-order valence-corrected chi connectivity index (χ1v) is 10.6. The van der Waals surface area contributed by atoms with Crippen molar-refractivity contribution in [3.63, 3.8) is 0 Å². The van der Waals surface area contributed by atoms with Crippen molar-refractivity contribution >= 4 is 15.9 Å². The fraction of sp³-hybridized carbons (Fsp3) is 0.350. The second-order valence-corrected chi connectivity index (χ2v) is 8.45. The second kappa shape index (κ2) is 8.62. The Balaban J connectivity index is 1.44. The Bertz CT molecular complexity index is 959. The van der Waals surface area contributed by atoms with Gasteiger partial charge in [-0.2, -0.15) is 0 Å². The predicted molar refractivity (Wildman–Crippen MR) is 105 cm³/mol. The monoisotopic (exact) mass is 404 g/mol. The predicted octanol–water partition coefficient (Wildman–Crippen LogP) is 1.93. The van der Waals surface area contributed by atoms with E-state index in [0.29, 0.717) is 23.7 Å². The molecule has 1 heterocycles. The van der Waals surface area contributed by atoms with Gasteiger partial charge in [-0.15, -0.1) is 0 Å². The molecule has 0 aliphatic carbocycles. The van der Waals surface area contributed by atoms with E-state index in [1.165, 1.54) is 0 Å². The summed E-state index contributed by atoms with van der Waals surface area (Å²) < 4.78 is 38.7. The lowest BCUT2D eigenvalue weighted by Crippen LogP contribution is -2.41. The zero-order valence-electron chi connectivity index (χ0n) is 15.9. The van der Waals surface area contributed by atoms with Crippen LogP contribution in [0.3, 0.4) is 0 Å². The molecule has 1 aliphatic rings. The molecule has 0 aromatic heterocycles. The SMILES string of the molecule is Cc1ccc(C)c(S(=O)(=O)NCCC(=O)NC[C@@H]2COc3ccccc3O2)c1. The van der Waals surface area contributed by atoms with E-state index >= 15 is 0 Å². The molecule has 3 rings (SSSR count). The molecule has 0 saturated heterocycles. The first-order chi connectivity index (χ1) is 13.3. The van der Waals surface area contributed by atoms with Crippen molar-refractivity contribution in [2.24, 2.45) is 0 Å². The zero-order valence-corrected chi connectivity index (χ0v) is 16.7. The van der Waals surface area contributed by atoms with E-state index in [1.807, 2.05) is 37.3 Å². The van der Waals surface area contributed by atoms with Gasteiger partial charge < -0.3 is 14.8 Å². The molecule has 0 fully saturated rings. The highest BCUT2D eigenvalue weighted by molar-refractivity contribution is 7.89. The van der Waals surface area contributed by atoms with Gasteiger partial charge in [-0.05, 0) is 43.2 Å². The number of fused-ring (bicyclic) bond motifs is 1. The van der Waals surface area contributed by atoms with Gasteiger partial charge in [0.2, 0.25) is 15.9 Å². The number of rotatable bonds is 7. The molecule has 28 heavy (non-hydrogen) atoms. The molecular formula is C20H24N2O5S. The maximum absolute atomic E-state index is 12.4. The summed E-state index contributed by atoms with van der Waals surface area (Å²) in [7, 11) is -3.65. The molecule has 0 spiro atoms. The second-order valence-electron chi connectivity index (χ2n) is 6.72. The quantitative estimate of drug-likeness (QED) is 0.735. The fourth-order valence-electron chi connectivity index (χ4n) is 2.85. The van der Waals surface area contributed by atoms with E-state index in [4.69, 9.17) is 9.47 Å². The van der Waals surface area contributed by atoms with Crippen LogP contribution in [-0.2, 0) is 14.8 Å². The van der Waals surface area contributed by atoms with Crippen LogP contribution in [0.4, 0.5) is 0 Å². The van der Waals surface area contributed by atoms with E-state index in [-0.39, 0.29) is 36.4 Å². The molecule has 1 aliphatic heterocycles. The van der Waals surface area contributed by atoms with Gasteiger partial charge in [0.25, 0.3) is 0 Å². The third-order valence-corrected chi connectivity index (χ3v) is 5.97. The van der Waals surface area contributed by atoms with Crippen LogP contribution in [0.2, 0.25) is 0 Å². The molecular weight excluding hydrogens is 380 g/mol. The first kappa shape index (κ1) is 20.2. The molecule has 1 atom stereocenters. The van der Waals surface area contributed by atoms with E-state index in [1.54, 1.807) is 19.1 Å². The van der Waals surface area contributed by atoms with Gasteiger partial charge in [0.1, 0.15) is 12.7 Å². The Labute approximate surface area is 165 Å². The highest BCUT2D eigenvalue weighted by atomic mass is 32.2. The summed E-state index contributed by atoms with van der Waals surface area (Å²) in [5.74, 6) is 1.08. The topological polar surface area (TPSA) is 93.7 Å². The number of ether oxygens (including phenoxy) is 2. The Morgan fingerprint density at radius 1 is 1.14 bits per heavy atom. The fourth-order valence-corrected chi connectivity index (χ4v) is 4.21. The number of aryl methyl sites for hydroxylation is 2. The molecule has 150 valence electrons. The van der Waals surface area contributed by atoms with Gasteiger partial charge in [0, 0.05) is 13.0 Å². The molecule has 2 N–H and O–H groups in total. The Kier molecular flexibility index (Phi) is 6.21. The van der Waals surface area contributed by atoms with Crippen molar-refractivity contribution in [2.75, 3.05) is 19.7 Å². The minimum Gasteiger partial charge on any atom is -0.486 e. The largest absolute Gasteiger partial charge is 0.486 e. The van der Waals surface area contributed by atoms with Crippen molar-refractivity contribution in [1.29, 1.82) is 0 Å². The van der Waals surface area contributed by atoms with Gasteiger partial charge in [-0.25, -0.2) is 13.1 Å². The van der Waals surface area contributed by atoms with E-state index in [0.717, 1.165) is 5.56 Å². The van der Waals surface area contributed by atoms with Crippen LogP contribution in [0.1, 0.15) is 17.5 Å². The molecule has 1 amide bonds. The maximum Gasteiger partial charge on any atom is 0.240 e. The molecule has 7 nitrogen and oxygen atoms in total. The first-order valence-electron chi connectivity index (χ1n) is 9.07. The summed E-state index contributed by atoms with van der Waals surface area (Å²) in [5, 5.41) is 2.75. The normalized spacial score (nSPS) is 15.9. The van der Waals surface area contributed by atoms with Crippen LogP contribution in [0.5, 0.6) is 11.5 Å². The molecule has 0 unspecified atom stereocenters. The highest BCUT2D eigenvalue weighted by Crippen LogP contribution is 2.30. The number of sulfonamides is 1. The van der Waals surface area contributed by atoms with Crippen molar-refractivity contribution in [3.05, 3.63) is 53.6 Å². The van der Waals surface area contributed by atoms with E-state index < -0.39 is 10.0 Å². The number of carbonyl (C=O) groups excluding carboxylic acids is 1. The average molecular weight is 404 g/mol. The zero-order chi connectivity index (χ0) is 20.1. The number of amides is 1. The number of hydrogen-bond donors (Lipinski definition) is 2. The Morgan fingerprint density at radius 3 is 2.68 bits per heavy atom. The lowest BCUT2D eigenvalue weighted by Gasteiger charge is -2.26. The molecule has 8 heteroatoms. The molecule has 2 aromatic carbocycles. The summed E-state index contributed by atoms with van der Waals surface area (Å²) in [5.41, 5.74) is 1.53. The van der Waals surface area contributed by atoms with Gasteiger partial charge >= 0.3 is 0 Å². The Morgan fingerprint density at radius 2 is 1.89 bits per heavy atom. The van der Waals surface area contributed by atoms with Crippen LogP contribution in [0.25, 0.3) is 0 Å². The van der Waals surface area contributed by atoms with Crippen LogP contribution in [0, 0.1) is 13.8 Å². The van der Waals surface area contributed by atoms with Crippen LogP contribution < -0.4 is 19.5 Å².